The van der Waals surface area contributed by atoms with Crippen molar-refractivity contribution >= 4 is 29.1 Å². The quantitative estimate of drug-likeness (QED) is 0.398. The van der Waals surface area contributed by atoms with Crippen molar-refractivity contribution in [3.63, 3.8) is 0 Å². The number of carbonyl (C=O) groups is 1. The van der Waals surface area contributed by atoms with Gasteiger partial charge >= 0.3 is 5.97 Å². The maximum atomic E-state index is 11.0. The molecule has 0 unspecified atom stereocenters. The molecule has 1 aliphatic rings. The third-order valence-electron chi connectivity index (χ3n) is 5.80. The average Bonchev–Trinajstić information content (AvgIpc) is 2.79. The molecular formula is C25H27ClN4O2. The third-order valence-corrected chi connectivity index (χ3v) is 6.13. The maximum Gasteiger partial charge on any atom is 0.307 e. The normalized spacial score (nSPS) is 16.9. The molecule has 0 radical (unpaired) electrons. The van der Waals surface area contributed by atoms with Crippen molar-refractivity contribution in [1.29, 1.82) is 0 Å². The van der Waals surface area contributed by atoms with Crippen LogP contribution in [0.5, 0.6) is 0 Å². The number of anilines is 2. The van der Waals surface area contributed by atoms with Crippen molar-refractivity contribution in [3.05, 3.63) is 88.6 Å². The Bertz CT molecular complexity index is 1080. The van der Waals surface area contributed by atoms with Crippen molar-refractivity contribution in [2.24, 2.45) is 0 Å². The minimum absolute atomic E-state index is 0.0292. The van der Waals surface area contributed by atoms with Crippen LogP contribution in [0.2, 0.25) is 5.02 Å². The second-order valence-corrected chi connectivity index (χ2v) is 8.56. The molecule has 0 saturated heterocycles. The largest absolute Gasteiger partial charge is 0.481 e. The Labute approximate surface area is 193 Å². The molecular weight excluding hydrogens is 424 g/mol. The van der Waals surface area contributed by atoms with Crippen LogP contribution in [0, 0.1) is 0 Å². The first kappa shape index (κ1) is 22.1. The lowest BCUT2D eigenvalue weighted by Gasteiger charge is -2.35. The lowest BCUT2D eigenvalue weighted by Crippen LogP contribution is -2.45. The smallest absolute Gasteiger partial charge is 0.307 e. The Hall–Kier alpha value is -3.09. The fourth-order valence-corrected chi connectivity index (χ4v) is 4.52. The first-order valence-corrected chi connectivity index (χ1v) is 11.1. The van der Waals surface area contributed by atoms with E-state index in [1.807, 2.05) is 42.5 Å². The van der Waals surface area contributed by atoms with Gasteiger partial charge < -0.3 is 21.1 Å². The highest BCUT2D eigenvalue weighted by molar-refractivity contribution is 6.31. The number of benzene rings is 2. The highest BCUT2D eigenvalue weighted by atomic mass is 35.5. The number of carboxylic acid groups (broad SMARTS) is 1. The number of hydrogen-bond donors (Lipinski definition) is 4. The van der Waals surface area contributed by atoms with E-state index in [0.29, 0.717) is 17.1 Å². The first-order valence-electron chi connectivity index (χ1n) is 10.7. The van der Waals surface area contributed by atoms with Gasteiger partial charge in [0.1, 0.15) is 5.82 Å². The number of nitrogens with one attached hydrogen (secondary N) is 3. The summed E-state index contributed by atoms with van der Waals surface area (Å²) in [5.41, 5.74) is 3.91. The minimum atomic E-state index is -0.862. The zero-order valence-corrected chi connectivity index (χ0v) is 18.6. The Morgan fingerprint density at radius 2 is 2.03 bits per heavy atom. The van der Waals surface area contributed by atoms with E-state index in [4.69, 9.17) is 16.7 Å². The second kappa shape index (κ2) is 10.0. The topological polar surface area (TPSA) is 86.3 Å². The molecule has 2 aromatic carbocycles. The Kier molecular flexibility index (Phi) is 6.93. The molecule has 2 heterocycles. The summed E-state index contributed by atoms with van der Waals surface area (Å²) in [6, 6.07) is 20.0. The predicted octanol–water partition coefficient (Wildman–Crippen LogP) is 4.70. The maximum absolute atomic E-state index is 11.0. The fourth-order valence-electron chi connectivity index (χ4n) is 4.13. The SMILES string of the molecule is C[C@H](CN[C@H](c1ccccc1)[C@H]1CNc2cccnc2N1)c1ccc(CC(=O)O)cc1Cl. The molecule has 1 aromatic heterocycles. The first-order chi connectivity index (χ1) is 15.5. The highest BCUT2D eigenvalue weighted by Gasteiger charge is 2.27. The van der Waals surface area contributed by atoms with Gasteiger partial charge in [-0.05, 0) is 40.8 Å². The number of halogens is 1. The number of fused-ring (bicyclic) bond motifs is 1. The molecule has 0 spiro atoms. The summed E-state index contributed by atoms with van der Waals surface area (Å²) in [6.07, 6.45) is 1.76. The van der Waals surface area contributed by atoms with Gasteiger partial charge in [-0.3, -0.25) is 4.79 Å². The van der Waals surface area contributed by atoms with E-state index in [9.17, 15) is 4.79 Å². The summed E-state index contributed by atoms with van der Waals surface area (Å²) in [5.74, 6) is 0.144. The Balaban J connectivity index is 1.49. The standard InChI is InChI=1S/C25H27ClN4O2/c1-16(19-10-9-17(12-20(19)26)13-23(31)32)14-29-24(18-6-3-2-4-7-18)22-15-28-21-8-5-11-27-25(21)30-22/h2-12,16,22,24,28-29H,13-15H2,1H3,(H,27,30)(H,31,32)/t16-,22-,24-/m1/s1. The number of pyridine rings is 1. The molecule has 4 rings (SSSR count). The Morgan fingerprint density at radius 1 is 1.22 bits per heavy atom. The van der Waals surface area contributed by atoms with E-state index in [0.717, 1.165) is 23.6 Å². The lowest BCUT2D eigenvalue weighted by atomic mass is 9.95. The van der Waals surface area contributed by atoms with Crippen LogP contribution in [0.4, 0.5) is 11.5 Å². The molecule has 7 heteroatoms. The van der Waals surface area contributed by atoms with E-state index >= 15 is 0 Å². The van der Waals surface area contributed by atoms with Gasteiger partial charge in [-0.15, -0.1) is 0 Å². The molecule has 6 nitrogen and oxygen atoms in total. The van der Waals surface area contributed by atoms with Gasteiger partial charge in [-0.1, -0.05) is 61.0 Å². The van der Waals surface area contributed by atoms with Crippen LogP contribution >= 0.6 is 11.6 Å². The molecule has 0 saturated carbocycles. The summed E-state index contributed by atoms with van der Waals surface area (Å²) >= 11 is 6.49. The second-order valence-electron chi connectivity index (χ2n) is 8.16. The zero-order valence-electron chi connectivity index (χ0n) is 17.9. The monoisotopic (exact) mass is 450 g/mol. The van der Waals surface area contributed by atoms with Crippen molar-refractivity contribution in [3.8, 4) is 0 Å². The van der Waals surface area contributed by atoms with Crippen LogP contribution in [0.3, 0.4) is 0 Å². The molecule has 0 aliphatic carbocycles. The van der Waals surface area contributed by atoms with Crippen LogP contribution in [0.1, 0.15) is 35.6 Å². The number of carboxylic acids is 1. The molecule has 3 atom stereocenters. The van der Waals surface area contributed by atoms with Gasteiger partial charge in [0.05, 0.1) is 24.2 Å². The van der Waals surface area contributed by atoms with Crippen LogP contribution in [-0.4, -0.2) is 35.2 Å². The van der Waals surface area contributed by atoms with E-state index in [2.05, 4.69) is 40.0 Å². The molecule has 166 valence electrons. The van der Waals surface area contributed by atoms with Crippen LogP contribution < -0.4 is 16.0 Å². The molecule has 4 N–H and O–H groups in total. The molecule has 0 amide bonds. The molecule has 1 aliphatic heterocycles. The van der Waals surface area contributed by atoms with Gasteiger partial charge in [0.2, 0.25) is 0 Å². The lowest BCUT2D eigenvalue weighted by molar-refractivity contribution is -0.136. The number of aromatic nitrogens is 1. The van der Waals surface area contributed by atoms with Crippen molar-refractivity contribution < 1.29 is 9.90 Å². The summed E-state index contributed by atoms with van der Waals surface area (Å²) < 4.78 is 0. The molecule has 0 fully saturated rings. The summed E-state index contributed by atoms with van der Waals surface area (Å²) in [7, 11) is 0. The summed E-state index contributed by atoms with van der Waals surface area (Å²) in [6.45, 7) is 3.60. The number of hydrogen-bond acceptors (Lipinski definition) is 5. The van der Waals surface area contributed by atoms with Gasteiger partial charge in [0.25, 0.3) is 0 Å². The van der Waals surface area contributed by atoms with E-state index in [-0.39, 0.29) is 24.4 Å². The average molecular weight is 451 g/mol. The molecule has 3 aromatic rings. The van der Waals surface area contributed by atoms with Crippen molar-refractivity contribution in [1.82, 2.24) is 10.3 Å². The van der Waals surface area contributed by atoms with Crippen molar-refractivity contribution in [2.45, 2.75) is 31.3 Å². The Morgan fingerprint density at radius 3 is 2.78 bits per heavy atom. The predicted molar refractivity (Wildman–Crippen MR) is 129 cm³/mol. The van der Waals surface area contributed by atoms with Crippen molar-refractivity contribution in [2.75, 3.05) is 23.7 Å². The fraction of sp³-hybridized carbons (Fsp3) is 0.280. The zero-order chi connectivity index (χ0) is 22.5. The summed E-state index contributed by atoms with van der Waals surface area (Å²) in [5, 5.41) is 20.4. The van der Waals surface area contributed by atoms with Gasteiger partial charge in [-0.25, -0.2) is 4.98 Å². The number of nitrogens with zero attached hydrogens (tertiary/aromatic N) is 1. The number of rotatable bonds is 8. The van der Waals surface area contributed by atoms with Gasteiger partial charge in [0.15, 0.2) is 0 Å². The third kappa shape index (κ3) is 5.21. The van der Waals surface area contributed by atoms with E-state index in [1.54, 1.807) is 12.3 Å². The van der Waals surface area contributed by atoms with Crippen LogP contribution in [0.25, 0.3) is 0 Å². The molecule has 32 heavy (non-hydrogen) atoms. The van der Waals surface area contributed by atoms with Gasteiger partial charge in [-0.2, -0.15) is 0 Å². The van der Waals surface area contributed by atoms with Crippen LogP contribution in [0.15, 0.2) is 66.9 Å². The summed E-state index contributed by atoms with van der Waals surface area (Å²) in [4.78, 5) is 15.4. The van der Waals surface area contributed by atoms with E-state index in [1.165, 1.54) is 5.56 Å². The minimum Gasteiger partial charge on any atom is -0.481 e. The number of aliphatic carboxylic acids is 1. The van der Waals surface area contributed by atoms with Crippen LogP contribution in [-0.2, 0) is 11.2 Å². The molecule has 0 bridgehead atoms. The highest BCUT2D eigenvalue weighted by Crippen LogP contribution is 2.30. The van der Waals surface area contributed by atoms with Gasteiger partial charge in [0, 0.05) is 24.3 Å². The van der Waals surface area contributed by atoms with E-state index < -0.39 is 5.97 Å².